The number of fused-ring (bicyclic) bond motifs is 1. The Hall–Kier alpha value is -1.55. The third-order valence-corrected chi connectivity index (χ3v) is 6.07. The number of hydrogen-bond donors (Lipinski definition) is 0. The van der Waals surface area contributed by atoms with Gasteiger partial charge in [-0.3, -0.25) is 4.79 Å². The molecule has 1 aromatic rings. The van der Waals surface area contributed by atoms with Crippen LogP contribution in [0.2, 0.25) is 0 Å². The number of ether oxygens (including phenoxy) is 2. The molecule has 0 spiro atoms. The van der Waals surface area contributed by atoms with Crippen molar-refractivity contribution in [3.8, 4) is 5.75 Å². The summed E-state index contributed by atoms with van der Waals surface area (Å²) in [5, 5.41) is 0. The zero-order valence-electron chi connectivity index (χ0n) is 15.0. The predicted octanol–water partition coefficient (Wildman–Crippen LogP) is 4.04. The molecular formula is C21H29NO3. The third kappa shape index (κ3) is 3.84. The van der Waals surface area contributed by atoms with Crippen LogP contribution in [-0.4, -0.2) is 42.7 Å². The average Bonchev–Trinajstić information content (AvgIpc) is 3.19. The number of likely N-dealkylation sites (tertiary alicyclic amines) is 1. The summed E-state index contributed by atoms with van der Waals surface area (Å²) in [4.78, 5) is 15.1. The summed E-state index contributed by atoms with van der Waals surface area (Å²) in [6, 6.07) is 8.14. The molecule has 4 nitrogen and oxygen atoms in total. The van der Waals surface area contributed by atoms with Gasteiger partial charge in [0, 0.05) is 24.8 Å². The summed E-state index contributed by atoms with van der Waals surface area (Å²) >= 11 is 0. The Bertz CT molecular complexity index is 577. The highest BCUT2D eigenvalue weighted by molar-refractivity contribution is 5.94. The highest BCUT2D eigenvalue weighted by atomic mass is 16.5. The van der Waals surface area contributed by atoms with Crippen molar-refractivity contribution >= 4 is 5.91 Å². The van der Waals surface area contributed by atoms with E-state index in [4.69, 9.17) is 9.47 Å². The minimum Gasteiger partial charge on any atom is -0.491 e. The Labute approximate surface area is 150 Å². The second-order valence-electron chi connectivity index (χ2n) is 7.72. The van der Waals surface area contributed by atoms with Gasteiger partial charge >= 0.3 is 0 Å². The molecule has 0 aromatic heterocycles. The minimum absolute atomic E-state index is 0.197. The molecule has 3 fully saturated rings. The molecule has 2 heterocycles. The summed E-state index contributed by atoms with van der Waals surface area (Å²) < 4.78 is 11.4. The van der Waals surface area contributed by atoms with E-state index < -0.39 is 0 Å². The molecule has 136 valence electrons. The fourth-order valence-electron chi connectivity index (χ4n) is 4.70. The second-order valence-corrected chi connectivity index (χ2v) is 7.72. The Kier molecular flexibility index (Phi) is 5.25. The molecule has 2 aliphatic heterocycles. The first-order chi connectivity index (χ1) is 12.3. The highest BCUT2D eigenvalue weighted by Gasteiger charge is 2.35. The van der Waals surface area contributed by atoms with Crippen LogP contribution in [-0.2, 0) is 4.74 Å². The largest absolute Gasteiger partial charge is 0.491 e. The zero-order chi connectivity index (χ0) is 17.1. The van der Waals surface area contributed by atoms with Gasteiger partial charge in [0.15, 0.2) is 0 Å². The topological polar surface area (TPSA) is 38.8 Å². The van der Waals surface area contributed by atoms with Crippen LogP contribution in [0.3, 0.4) is 0 Å². The highest BCUT2D eigenvalue weighted by Crippen LogP contribution is 2.36. The number of benzene rings is 1. The summed E-state index contributed by atoms with van der Waals surface area (Å²) in [7, 11) is 0. The van der Waals surface area contributed by atoms with E-state index in [1.807, 2.05) is 24.3 Å². The molecule has 1 aliphatic carbocycles. The Morgan fingerprint density at radius 1 is 1.04 bits per heavy atom. The fraction of sp³-hybridized carbons (Fsp3) is 0.667. The lowest BCUT2D eigenvalue weighted by molar-refractivity contribution is 0.0390. The molecule has 4 rings (SSSR count). The van der Waals surface area contributed by atoms with E-state index in [1.165, 1.54) is 32.1 Å². The number of nitrogens with zero attached hydrogens (tertiary/aromatic N) is 1. The molecule has 0 bridgehead atoms. The van der Waals surface area contributed by atoms with Gasteiger partial charge < -0.3 is 14.4 Å². The number of piperidine rings is 1. The van der Waals surface area contributed by atoms with Crippen LogP contribution in [0.15, 0.2) is 24.3 Å². The molecule has 2 saturated heterocycles. The molecule has 1 aromatic carbocycles. The van der Waals surface area contributed by atoms with Crippen LogP contribution >= 0.6 is 0 Å². The SMILES string of the molecule is O=C(c1ccc(OCC2CCCO2)cc1)N1CCCC2CCCCC21. The van der Waals surface area contributed by atoms with E-state index in [9.17, 15) is 4.79 Å². The van der Waals surface area contributed by atoms with Gasteiger partial charge in [0.2, 0.25) is 0 Å². The third-order valence-electron chi connectivity index (χ3n) is 6.07. The molecule has 25 heavy (non-hydrogen) atoms. The van der Waals surface area contributed by atoms with Crippen molar-refractivity contribution in [2.75, 3.05) is 19.8 Å². The first kappa shape index (κ1) is 16.9. The Morgan fingerprint density at radius 2 is 1.84 bits per heavy atom. The van der Waals surface area contributed by atoms with Crippen molar-refractivity contribution in [3.05, 3.63) is 29.8 Å². The van der Waals surface area contributed by atoms with Gasteiger partial charge in [-0.25, -0.2) is 0 Å². The molecule has 0 N–H and O–H groups in total. The summed E-state index contributed by atoms with van der Waals surface area (Å²) in [5.74, 6) is 1.74. The number of amides is 1. The monoisotopic (exact) mass is 343 g/mol. The van der Waals surface area contributed by atoms with Crippen molar-refractivity contribution in [1.29, 1.82) is 0 Å². The van der Waals surface area contributed by atoms with E-state index in [0.717, 1.165) is 49.6 Å². The van der Waals surface area contributed by atoms with Crippen LogP contribution in [0.1, 0.15) is 61.7 Å². The molecule has 3 atom stereocenters. The first-order valence-corrected chi connectivity index (χ1v) is 9.97. The zero-order valence-corrected chi connectivity index (χ0v) is 15.0. The van der Waals surface area contributed by atoms with Crippen molar-refractivity contribution in [1.82, 2.24) is 4.90 Å². The van der Waals surface area contributed by atoms with E-state index in [-0.39, 0.29) is 12.0 Å². The van der Waals surface area contributed by atoms with E-state index in [0.29, 0.717) is 12.6 Å². The van der Waals surface area contributed by atoms with Crippen molar-refractivity contribution < 1.29 is 14.3 Å². The van der Waals surface area contributed by atoms with Gasteiger partial charge in [0.25, 0.3) is 5.91 Å². The molecule has 1 amide bonds. The number of carbonyl (C=O) groups is 1. The van der Waals surface area contributed by atoms with Crippen LogP contribution in [0.4, 0.5) is 0 Å². The maximum atomic E-state index is 13.0. The number of carbonyl (C=O) groups excluding carboxylic acids is 1. The van der Waals surface area contributed by atoms with E-state index in [2.05, 4.69) is 4.90 Å². The van der Waals surface area contributed by atoms with Gasteiger partial charge in [-0.15, -0.1) is 0 Å². The van der Waals surface area contributed by atoms with Gasteiger partial charge in [0.1, 0.15) is 12.4 Å². The molecule has 1 saturated carbocycles. The van der Waals surface area contributed by atoms with Gasteiger partial charge in [-0.05, 0) is 68.7 Å². The lowest BCUT2D eigenvalue weighted by atomic mass is 9.78. The lowest BCUT2D eigenvalue weighted by Gasteiger charge is -2.44. The molecule has 3 aliphatic rings. The smallest absolute Gasteiger partial charge is 0.254 e. The van der Waals surface area contributed by atoms with Gasteiger partial charge in [-0.2, -0.15) is 0 Å². The lowest BCUT2D eigenvalue weighted by Crippen LogP contribution is -2.49. The predicted molar refractivity (Wildman–Crippen MR) is 96.9 cm³/mol. The van der Waals surface area contributed by atoms with Crippen molar-refractivity contribution in [2.24, 2.45) is 5.92 Å². The van der Waals surface area contributed by atoms with Crippen molar-refractivity contribution in [2.45, 2.75) is 63.5 Å². The normalized spacial score (nSPS) is 29.3. The van der Waals surface area contributed by atoms with Crippen LogP contribution in [0.5, 0.6) is 5.75 Å². The average molecular weight is 343 g/mol. The summed E-state index contributed by atoms with van der Waals surface area (Å²) in [6.07, 6.45) is 9.94. The van der Waals surface area contributed by atoms with Gasteiger partial charge in [0.05, 0.1) is 6.10 Å². The second kappa shape index (κ2) is 7.77. The first-order valence-electron chi connectivity index (χ1n) is 9.97. The maximum absolute atomic E-state index is 13.0. The number of rotatable bonds is 4. The summed E-state index contributed by atoms with van der Waals surface area (Å²) in [6.45, 7) is 2.36. The molecule has 4 heteroatoms. The maximum Gasteiger partial charge on any atom is 0.254 e. The Morgan fingerprint density at radius 3 is 2.64 bits per heavy atom. The van der Waals surface area contributed by atoms with Gasteiger partial charge in [-0.1, -0.05) is 12.8 Å². The fourth-order valence-corrected chi connectivity index (χ4v) is 4.70. The van der Waals surface area contributed by atoms with Crippen LogP contribution in [0, 0.1) is 5.92 Å². The van der Waals surface area contributed by atoms with Crippen LogP contribution in [0.25, 0.3) is 0 Å². The molecule has 3 unspecified atom stereocenters. The quantitative estimate of drug-likeness (QED) is 0.828. The van der Waals surface area contributed by atoms with Crippen molar-refractivity contribution in [3.63, 3.8) is 0 Å². The minimum atomic E-state index is 0.197. The Balaban J connectivity index is 1.37. The molecule has 0 radical (unpaired) electrons. The standard InChI is InChI=1S/C21H29NO3/c23-21(22-13-3-6-16-5-1-2-8-20(16)22)17-9-11-18(12-10-17)25-15-19-7-4-14-24-19/h9-12,16,19-20H,1-8,13-15H2. The molecular weight excluding hydrogens is 314 g/mol. The van der Waals surface area contributed by atoms with E-state index in [1.54, 1.807) is 0 Å². The summed E-state index contributed by atoms with van der Waals surface area (Å²) in [5.41, 5.74) is 0.788. The van der Waals surface area contributed by atoms with E-state index >= 15 is 0 Å². The number of hydrogen-bond acceptors (Lipinski definition) is 3. The van der Waals surface area contributed by atoms with Crippen LogP contribution < -0.4 is 4.74 Å².